The van der Waals surface area contributed by atoms with Crippen LogP contribution in [0.15, 0.2) is 6.20 Å². The lowest BCUT2D eigenvalue weighted by atomic mass is 10.1. The zero-order valence-corrected chi connectivity index (χ0v) is 10.4. The predicted octanol–water partition coefficient (Wildman–Crippen LogP) is 2.77. The Morgan fingerprint density at radius 2 is 2.40 bits per heavy atom. The van der Waals surface area contributed by atoms with E-state index in [2.05, 4.69) is 24.1 Å². The zero-order chi connectivity index (χ0) is 10.7. The first-order valence-electron chi connectivity index (χ1n) is 5.90. The van der Waals surface area contributed by atoms with Crippen molar-refractivity contribution in [1.29, 1.82) is 0 Å². The summed E-state index contributed by atoms with van der Waals surface area (Å²) in [7, 11) is 0. The lowest BCUT2D eigenvalue weighted by molar-refractivity contribution is 0.430. The van der Waals surface area contributed by atoms with Gasteiger partial charge in [-0.3, -0.25) is 0 Å². The van der Waals surface area contributed by atoms with Crippen LogP contribution in [-0.2, 0) is 6.42 Å². The van der Waals surface area contributed by atoms with Crippen LogP contribution >= 0.6 is 11.3 Å². The van der Waals surface area contributed by atoms with E-state index in [1.54, 1.807) is 0 Å². The van der Waals surface area contributed by atoms with Gasteiger partial charge in [-0.1, -0.05) is 13.3 Å². The van der Waals surface area contributed by atoms with Gasteiger partial charge in [0, 0.05) is 23.7 Å². The Bertz CT molecular complexity index is 308. The third-order valence-corrected chi connectivity index (χ3v) is 4.28. The maximum Gasteiger partial charge on any atom is 0.0896 e. The predicted molar refractivity (Wildman–Crippen MR) is 65.4 cm³/mol. The molecule has 0 radical (unpaired) electrons. The number of rotatable bonds is 4. The molecule has 0 saturated heterocycles. The average Bonchev–Trinajstić information content (AvgIpc) is 2.77. The first-order valence-corrected chi connectivity index (χ1v) is 6.72. The lowest BCUT2D eigenvalue weighted by Crippen LogP contribution is -2.32. The Kier molecular flexibility index (Phi) is 3.76. The second-order valence-electron chi connectivity index (χ2n) is 4.56. The Morgan fingerprint density at radius 3 is 3.00 bits per heavy atom. The van der Waals surface area contributed by atoms with Crippen LogP contribution in [0.2, 0.25) is 0 Å². The molecule has 0 amide bonds. The molecule has 1 N–H and O–H groups in total. The van der Waals surface area contributed by atoms with E-state index in [0.29, 0.717) is 0 Å². The lowest BCUT2D eigenvalue weighted by Gasteiger charge is -2.16. The highest BCUT2D eigenvalue weighted by molar-refractivity contribution is 7.11. The summed E-state index contributed by atoms with van der Waals surface area (Å²) in [5.74, 6) is 0.869. The molecule has 2 nitrogen and oxygen atoms in total. The molecular weight excluding hydrogens is 204 g/mol. The molecule has 1 aromatic rings. The van der Waals surface area contributed by atoms with Gasteiger partial charge in [-0.25, -0.2) is 4.98 Å². The summed E-state index contributed by atoms with van der Waals surface area (Å²) in [6.45, 7) is 5.54. The van der Waals surface area contributed by atoms with Crippen molar-refractivity contribution in [3.8, 4) is 0 Å². The quantitative estimate of drug-likeness (QED) is 0.850. The molecule has 2 unspecified atom stereocenters. The number of aryl methyl sites for hydroxylation is 1. The van der Waals surface area contributed by atoms with Crippen LogP contribution in [-0.4, -0.2) is 17.6 Å². The third kappa shape index (κ3) is 3.02. The standard InChI is InChI=1S/C12H20N2S/c1-9-4-3-5-12(9)13-7-6-11-8-14-10(2)15-11/h8-9,12-13H,3-7H2,1-2H3. The number of nitrogens with zero attached hydrogens (tertiary/aromatic N) is 1. The molecule has 15 heavy (non-hydrogen) atoms. The highest BCUT2D eigenvalue weighted by Gasteiger charge is 2.22. The topological polar surface area (TPSA) is 24.9 Å². The van der Waals surface area contributed by atoms with Gasteiger partial charge in [-0.2, -0.15) is 0 Å². The van der Waals surface area contributed by atoms with Gasteiger partial charge in [0.25, 0.3) is 0 Å². The number of thiazole rings is 1. The van der Waals surface area contributed by atoms with Crippen LogP contribution in [0, 0.1) is 12.8 Å². The minimum Gasteiger partial charge on any atom is -0.313 e. The van der Waals surface area contributed by atoms with Crippen molar-refractivity contribution in [2.75, 3.05) is 6.54 Å². The van der Waals surface area contributed by atoms with Crippen molar-refractivity contribution < 1.29 is 0 Å². The zero-order valence-electron chi connectivity index (χ0n) is 9.62. The monoisotopic (exact) mass is 224 g/mol. The van der Waals surface area contributed by atoms with Crippen molar-refractivity contribution in [2.24, 2.45) is 5.92 Å². The molecule has 3 heteroatoms. The van der Waals surface area contributed by atoms with Crippen LogP contribution in [0.4, 0.5) is 0 Å². The number of hydrogen-bond acceptors (Lipinski definition) is 3. The van der Waals surface area contributed by atoms with Crippen LogP contribution in [0.3, 0.4) is 0 Å². The maximum atomic E-state index is 4.27. The Labute approximate surface area is 96.1 Å². The number of aromatic nitrogens is 1. The van der Waals surface area contributed by atoms with Gasteiger partial charge in [0.15, 0.2) is 0 Å². The Morgan fingerprint density at radius 1 is 1.53 bits per heavy atom. The summed E-state index contributed by atoms with van der Waals surface area (Å²) in [5, 5.41) is 4.85. The van der Waals surface area contributed by atoms with Crippen LogP contribution in [0.25, 0.3) is 0 Å². The van der Waals surface area contributed by atoms with E-state index in [1.165, 1.54) is 29.1 Å². The van der Waals surface area contributed by atoms with Crippen molar-refractivity contribution in [3.63, 3.8) is 0 Å². The van der Waals surface area contributed by atoms with Crippen LogP contribution in [0.1, 0.15) is 36.1 Å². The molecular formula is C12H20N2S. The molecule has 0 spiro atoms. The second kappa shape index (κ2) is 5.08. The summed E-state index contributed by atoms with van der Waals surface area (Å²) in [6.07, 6.45) is 7.31. The summed E-state index contributed by atoms with van der Waals surface area (Å²) < 4.78 is 0. The molecule has 2 rings (SSSR count). The van der Waals surface area contributed by atoms with E-state index in [1.807, 2.05) is 17.5 Å². The van der Waals surface area contributed by atoms with Crippen molar-refractivity contribution in [1.82, 2.24) is 10.3 Å². The molecule has 84 valence electrons. The summed E-state index contributed by atoms with van der Waals surface area (Å²) >= 11 is 1.82. The van der Waals surface area contributed by atoms with Crippen molar-refractivity contribution in [2.45, 2.75) is 45.6 Å². The third-order valence-electron chi connectivity index (χ3n) is 3.31. The highest BCUT2D eigenvalue weighted by atomic mass is 32.1. The van der Waals surface area contributed by atoms with Gasteiger partial charge in [0.05, 0.1) is 5.01 Å². The molecule has 0 bridgehead atoms. The average molecular weight is 224 g/mol. The summed E-state index contributed by atoms with van der Waals surface area (Å²) in [4.78, 5) is 5.68. The number of nitrogens with one attached hydrogen (secondary N) is 1. The SMILES string of the molecule is Cc1ncc(CCNC2CCCC2C)s1. The normalized spacial score (nSPS) is 26.0. The van der Waals surface area contributed by atoms with E-state index in [-0.39, 0.29) is 0 Å². The molecule has 1 aromatic heterocycles. The Hall–Kier alpha value is -0.410. The van der Waals surface area contributed by atoms with Gasteiger partial charge in [0.1, 0.15) is 0 Å². The van der Waals surface area contributed by atoms with E-state index >= 15 is 0 Å². The maximum absolute atomic E-state index is 4.27. The fourth-order valence-corrected chi connectivity index (χ4v) is 3.14. The molecule has 1 heterocycles. The van der Waals surface area contributed by atoms with Crippen molar-refractivity contribution >= 4 is 11.3 Å². The van der Waals surface area contributed by atoms with E-state index in [0.717, 1.165) is 24.9 Å². The molecule has 1 saturated carbocycles. The van der Waals surface area contributed by atoms with Gasteiger partial charge < -0.3 is 5.32 Å². The van der Waals surface area contributed by atoms with E-state index in [9.17, 15) is 0 Å². The fraction of sp³-hybridized carbons (Fsp3) is 0.750. The molecule has 0 aromatic carbocycles. The second-order valence-corrected chi connectivity index (χ2v) is 5.88. The Balaban J connectivity index is 1.70. The fourth-order valence-electron chi connectivity index (χ4n) is 2.35. The largest absolute Gasteiger partial charge is 0.313 e. The molecule has 1 aliphatic rings. The van der Waals surface area contributed by atoms with E-state index < -0.39 is 0 Å². The summed E-state index contributed by atoms with van der Waals surface area (Å²) in [6, 6.07) is 0.763. The van der Waals surface area contributed by atoms with Gasteiger partial charge in [-0.05, 0) is 32.1 Å². The molecule has 0 aliphatic heterocycles. The van der Waals surface area contributed by atoms with Crippen LogP contribution < -0.4 is 5.32 Å². The molecule has 2 atom stereocenters. The molecule has 1 aliphatic carbocycles. The van der Waals surface area contributed by atoms with Crippen LogP contribution in [0.5, 0.6) is 0 Å². The van der Waals surface area contributed by atoms with E-state index in [4.69, 9.17) is 0 Å². The highest BCUT2D eigenvalue weighted by Crippen LogP contribution is 2.24. The van der Waals surface area contributed by atoms with Gasteiger partial charge in [0.2, 0.25) is 0 Å². The van der Waals surface area contributed by atoms with Crippen molar-refractivity contribution in [3.05, 3.63) is 16.1 Å². The first-order chi connectivity index (χ1) is 7.25. The smallest absolute Gasteiger partial charge is 0.0896 e. The minimum absolute atomic E-state index is 0.763. The summed E-state index contributed by atoms with van der Waals surface area (Å²) in [5.41, 5.74) is 0. The van der Waals surface area contributed by atoms with Gasteiger partial charge in [-0.15, -0.1) is 11.3 Å². The first kappa shape index (κ1) is 11.1. The van der Waals surface area contributed by atoms with Gasteiger partial charge >= 0.3 is 0 Å². The molecule has 1 fully saturated rings. The minimum atomic E-state index is 0.763. The number of hydrogen-bond donors (Lipinski definition) is 1.